The molecule has 1 fully saturated rings. The molecule has 2 heterocycles. The Morgan fingerprint density at radius 2 is 1.85 bits per heavy atom. The van der Waals surface area contributed by atoms with Crippen LogP contribution >= 0.6 is 11.3 Å². The van der Waals surface area contributed by atoms with Crippen LogP contribution in [0.5, 0.6) is 5.75 Å². The molecule has 1 aliphatic rings. The van der Waals surface area contributed by atoms with Crippen LogP contribution in [0.2, 0.25) is 0 Å². The Balaban J connectivity index is 1.35. The lowest BCUT2D eigenvalue weighted by Crippen LogP contribution is -2.39. The quantitative estimate of drug-likeness (QED) is 0.482. The largest absolute Gasteiger partial charge is 0.484 e. The number of hydrogen-bond acceptors (Lipinski definition) is 6. The Labute approximate surface area is 201 Å². The molecule has 1 saturated heterocycles. The van der Waals surface area contributed by atoms with Crippen molar-refractivity contribution in [1.29, 1.82) is 0 Å². The number of nitrogens with zero attached hydrogens (tertiary/aromatic N) is 2. The third-order valence-corrected chi connectivity index (χ3v) is 9.01. The van der Waals surface area contributed by atoms with Crippen molar-refractivity contribution in [3.8, 4) is 5.75 Å². The molecular formula is C24H35N3O4S2. The molecule has 1 aliphatic heterocycles. The second-order valence-corrected chi connectivity index (χ2v) is 12.1. The summed E-state index contributed by atoms with van der Waals surface area (Å²) in [5.74, 6) is 1.90. The fraction of sp³-hybridized carbons (Fsp3) is 0.542. The fourth-order valence-corrected chi connectivity index (χ4v) is 6.66. The maximum Gasteiger partial charge on any atom is 0.273 e. The number of likely N-dealkylation sites (tertiary alicyclic amines) is 1. The average Bonchev–Trinajstić information content (AvgIpc) is 3.32. The number of carbonyl (C=O) groups is 1. The van der Waals surface area contributed by atoms with Crippen LogP contribution in [-0.4, -0.2) is 59.1 Å². The van der Waals surface area contributed by atoms with Gasteiger partial charge in [-0.2, -0.15) is 0 Å². The standard InChI is InChI=1S/C24H35N3O4S2/c1-19-15-20(2)17-27(16-19)13-5-4-12-25-23(28)18-31-22-10-8-21(9-11-22)26(3)33(29,30)24-7-6-14-32-24/h6-11,14,19-20H,4-5,12-13,15-18H2,1-3H3,(H,25,28). The summed E-state index contributed by atoms with van der Waals surface area (Å²) >= 11 is 1.18. The molecule has 1 aromatic carbocycles. The second kappa shape index (κ2) is 11.9. The molecule has 2 unspecified atom stereocenters. The predicted molar refractivity (Wildman–Crippen MR) is 133 cm³/mol. The van der Waals surface area contributed by atoms with Gasteiger partial charge in [-0.05, 0) is 73.4 Å². The van der Waals surface area contributed by atoms with Gasteiger partial charge in [0.1, 0.15) is 9.96 Å². The van der Waals surface area contributed by atoms with E-state index in [1.54, 1.807) is 41.8 Å². The van der Waals surface area contributed by atoms with E-state index >= 15 is 0 Å². The summed E-state index contributed by atoms with van der Waals surface area (Å²) in [6.07, 6.45) is 3.34. The first kappa shape index (κ1) is 25.5. The van der Waals surface area contributed by atoms with Crippen molar-refractivity contribution in [2.24, 2.45) is 11.8 Å². The minimum Gasteiger partial charge on any atom is -0.484 e. The molecule has 0 spiro atoms. The van der Waals surface area contributed by atoms with E-state index in [4.69, 9.17) is 4.74 Å². The molecular weight excluding hydrogens is 458 g/mol. The van der Waals surface area contributed by atoms with Gasteiger partial charge in [-0.25, -0.2) is 8.42 Å². The number of thiophene rings is 1. The molecule has 0 bridgehead atoms. The van der Waals surface area contributed by atoms with Crippen LogP contribution < -0.4 is 14.4 Å². The van der Waals surface area contributed by atoms with Crippen molar-refractivity contribution in [2.45, 2.75) is 37.3 Å². The number of sulfonamides is 1. The number of benzene rings is 1. The highest BCUT2D eigenvalue weighted by molar-refractivity contribution is 7.94. The molecule has 0 radical (unpaired) electrons. The molecule has 2 atom stereocenters. The predicted octanol–water partition coefficient (Wildman–Crippen LogP) is 3.83. The van der Waals surface area contributed by atoms with Crippen molar-refractivity contribution in [2.75, 3.05) is 44.1 Å². The van der Waals surface area contributed by atoms with Crippen molar-refractivity contribution in [1.82, 2.24) is 10.2 Å². The highest BCUT2D eigenvalue weighted by Crippen LogP contribution is 2.26. The molecule has 7 nitrogen and oxygen atoms in total. The van der Waals surface area contributed by atoms with E-state index in [2.05, 4.69) is 24.1 Å². The van der Waals surface area contributed by atoms with Crippen LogP contribution in [0.3, 0.4) is 0 Å². The first-order valence-electron chi connectivity index (χ1n) is 11.5. The molecule has 0 aliphatic carbocycles. The third-order valence-electron chi connectivity index (χ3n) is 5.85. The summed E-state index contributed by atoms with van der Waals surface area (Å²) in [4.78, 5) is 14.6. The van der Waals surface area contributed by atoms with E-state index in [9.17, 15) is 13.2 Å². The summed E-state index contributed by atoms with van der Waals surface area (Å²) in [6.45, 7) is 8.67. The highest BCUT2D eigenvalue weighted by atomic mass is 32.2. The SMILES string of the molecule is CC1CC(C)CN(CCCCNC(=O)COc2ccc(N(C)S(=O)(=O)c3cccs3)cc2)C1. The van der Waals surface area contributed by atoms with Gasteiger partial charge >= 0.3 is 0 Å². The number of carbonyl (C=O) groups excluding carboxylic acids is 1. The van der Waals surface area contributed by atoms with E-state index in [1.807, 2.05) is 0 Å². The summed E-state index contributed by atoms with van der Waals surface area (Å²) in [5, 5.41) is 4.64. The summed E-state index contributed by atoms with van der Waals surface area (Å²) in [5.41, 5.74) is 0.526. The van der Waals surface area contributed by atoms with Crippen LogP contribution in [0.1, 0.15) is 33.1 Å². The number of anilines is 1. The molecule has 0 saturated carbocycles. The Morgan fingerprint density at radius 1 is 1.15 bits per heavy atom. The molecule has 3 rings (SSSR count). The monoisotopic (exact) mass is 493 g/mol. The van der Waals surface area contributed by atoms with E-state index in [0.29, 0.717) is 22.2 Å². The Bertz CT molecular complexity index is 968. The zero-order valence-corrected chi connectivity index (χ0v) is 21.3. The number of piperidine rings is 1. The van der Waals surface area contributed by atoms with Gasteiger partial charge in [-0.3, -0.25) is 9.10 Å². The van der Waals surface area contributed by atoms with Gasteiger partial charge < -0.3 is 15.0 Å². The maximum absolute atomic E-state index is 12.6. The van der Waals surface area contributed by atoms with Gasteiger partial charge in [0.25, 0.3) is 15.9 Å². The molecule has 1 N–H and O–H groups in total. The van der Waals surface area contributed by atoms with Crippen LogP contribution in [0.4, 0.5) is 5.69 Å². The van der Waals surface area contributed by atoms with Gasteiger partial charge in [0.2, 0.25) is 0 Å². The zero-order chi connectivity index (χ0) is 23.8. The van der Waals surface area contributed by atoms with E-state index < -0.39 is 10.0 Å². The fourth-order valence-electron chi connectivity index (χ4n) is 4.30. The topological polar surface area (TPSA) is 79.0 Å². The van der Waals surface area contributed by atoms with Crippen LogP contribution in [0, 0.1) is 11.8 Å². The lowest BCUT2D eigenvalue weighted by Gasteiger charge is -2.34. The number of rotatable bonds is 11. The van der Waals surface area contributed by atoms with Crippen LogP contribution in [0.25, 0.3) is 0 Å². The lowest BCUT2D eigenvalue weighted by atomic mass is 9.92. The molecule has 9 heteroatoms. The average molecular weight is 494 g/mol. The molecule has 1 aromatic heterocycles. The van der Waals surface area contributed by atoms with E-state index in [-0.39, 0.29) is 12.5 Å². The van der Waals surface area contributed by atoms with Crippen molar-refractivity contribution < 1.29 is 17.9 Å². The first-order chi connectivity index (χ1) is 15.8. The van der Waals surface area contributed by atoms with Gasteiger partial charge in [-0.1, -0.05) is 19.9 Å². The number of unbranched alkanes of at least 4 members (excludes halogenated alkanes) is 1. The van der Waals surface area contributed by atoms with Gasteiger partial charge in [0.05, 0.1) is 5.69 Å². The number of ether oxygens (including phenoxy) is 1. The normalized spacial score (nSPS) is 19.2. The third kappa shape index (κ3) is 7.45. The molecule has 1 amide bonds. The maximum atomic E-state index is 12.6. The molecule has 182 valence electrons. The summed E-state index contributed by atoms with van der Waals surface area (Å²) in [6, 6.07) is 9.97. The number of hydrogen-bond donors (Lipinski definition) is 1. The van der Waals surface area contributed by atoms with Crippen molar-refractivity contribution >= 4 is 33.0 Å². The second-order valence-electron chi connectivity index (χ2n) is 8.95. The van der Waals surface area contributed by atoms with E-state index in [0.717, 1.165) is 31.2 Å². The highest BCUT2D eigenvalue weighted by Gasteiger charge is 2.22. The van der Waals surface area contributed by atoms with Crippen LogP contribution in [-0.2, 0) is 14.8 Å². The van der Waals surface area contributed by atoms with Gasteiger partial charge in [0.15, 0.2) is 6.61 Å². The Hall–Kier alpha value is -2.10. The first-order valence-corrected chi connectivity index (χ1v) is 13.8. The van der Waals surface area contributed by atoms with Gasteiger partial charge in [-0.15, -0.1) is 11.3 Å². The minimum absolute atomic E-state index is 0.0656. The molecule has 2 aromatic rings. The number of amides is 1. The Morgan fingerprint density at radius 3 is 2.48 bits per heavy atom. The Kier molecular flexibility index (Phi) is 9.17. The lowest BCUT2D eigenvalue weighted by molar-refractivity contribution is -0.123. The summed E-state index contributed by atoms with van der Waals surface area (Å²) < 4.78 is 32.3. The number of nitrogens with one attached hydrogen (secondary N) is 1. The van der Waals surface area contributed by atoms with Crippen LogP contribution in [0.15, 0.2) is 46.0 Å². The summed E-state index contributed by atoms with van der Waals surface area (Å²) in [7, 11) is -2.05. The van der Waals surface area contributed by atoms with Crippen molar-refractivity contribution in [3.05, 3.63) is 41.8 Å². The molecule has 33 heavy (non-hydrogen) atoms. The van der Waals surface area contributed by atoms with Crippen molar-refractivity contribution in [3.63, 3.8) is 0 Å². The minimum atomic E-state index is -3.57. The van der Waals surface area contributed by atoms with E-state index in [1.165, 1.54) is 42.2 Å². The zero-order valence-electron chi connectivity index (χ0n) is 19.7. The smallest absolute Gasteiger partial charge is 0.273 e. The van der Waals surface area contributed by atoms with Gasteiger partial charge in [0, 0.05) is 26.7 Å².